The number of nitrogens with zero attached hydrogens (tertiary/aromatic N) is 1. The van der Waals surface area contributed by atoms with Crippen molar-refractivity contribution in [2.24, 2.45) is 0 Å². The van der Waals surface area contributed by atoms with E-state index in [0.29, 0.717) is 6.04 Å². The molecule has 2 aromatic carbocycles. The second-order valence-corrected chi connectivity index (χ2v) is 6.94. The number of piperidine rings is 1. The van der Waals surface area contributed by atoms with Crippen LogP contribution in [-0.4, -0.2) is 29.7 Å². The average Bonchev–Trinajstić information content (AvgIpc) is 3.27. The summed E-state index contributed by atoms with van der Waals surface area (Å²) < 4.78 is 5.64. The number of methoxy groups -OCH3 is 1. The van der Waals surface area contributed by atoms with Crippen molar-refractivity contribution in [1.82, 2.24) is 20.6 Å². The number of nitrogens with one attached hydrogen (secondary N) is 3. The van der Waals surface area contributed by atoms with Crippen LogP contribution in [0.4, 0.5) is 0 Å². The van der Waals surface area contributed by atoms with Gasteiger partial charge in [0.1, 0.15) is 5.75 Å². The Hall–Kier alpha value is -2.63. The maximum absolute atomic E-state index is 5.64. The lowest BCUT2D eigenvalue weighted by Crippen LogP contribution is -2.47. The summed E-state index contributed by atoms with van der Waals surface area (Å²) in [4.78, 5) is 7.52. The molecule has 0 bridgehead atoms. The van der Waals surface area contributed by atoms with E-state index in [4.69, 9.17) is 4.74 Å². The summed E-state index contributed by atoms with van der Waals surface area (Å²) in [6.07, 6.45) is 5.89. The Morgan fingerprint density at radius 3 is 2.70 bits per heavy atom. The van der Waals surface area contributed by atoms with Gasteiger partial charge in [-0.2, -0.15) is 0 Å². The van der Waals surface area contributed by atoms with E-state index in [0.717, 1.165) is 36.4 Å². The molecule has 4 rings (SSSR count). The van der Waals surface area contributed by atoms with Crippen molar-refractivity contribution in [1.29, 1.82) is 0 Å². The van der Waals surface area contributed by atoms with Crippen LogP contribution in [0.15, 0.2) is 67.1 Å². The van der Waals surface area contributed by atoms with Crippen molar-refractivity contribution in [3.8, 4) is 5.75 Å². The van der Waals surface area contributed by atoms with Crippen LogP contribution >= 0.6 is 0 Å². The molecule has 0 amide bonds. The van der Waals surface area contributed by atoms with Gasteiger partial charge in [0.05, 0.1) is 25.2 Å². The maximum Gasteiger partial charge on any atom is 0.124 e. The van der Waals surface area contributed by atoms with Gasteiger partial charge in [-0.15, -0.1) is 0 Å². The summed E-state index contributed by atoms with van der Waals surface area (Å²) in [5, 5.41) is 7.58. The highest BCUT2D eigenvalue weighted by Crippen LogP contribution is 2.32. The zero-order valence-electron chi connectivity index (χ0n) is 15.6. The number of rotatable bonds is 6. The topological polar surface area (TPSA) is 62.0 Å². The van der Waals surface area contributed by atoms with E-state index < -0.39 is 0 Å². The molecule has 3 aromatic rings. The van der Waals surface area contributed by atoms with Crippen LogP contribution in [-0.2, 0) is 0 Å². The summed E-state index contributed by atoms with van der Waals surface area (Å²) in [5.41, 5.74) is 3.47. The fourth-order valence-corrected chi connectivity index (χ4v) is 3.97. The lowest BCUT2D eigenvalue weighted by atomic mass is 9.90. The van der Waals surface area contributed by atoms with Gasteiger partial charge >= 0.3 is 0 Å². The zero-order valence-corrected chi connectivity index (χ0v) is 15.6. The molecule has 1 fully saturated rings. The second kappa shape index (κ2) is 8.37. The fourth-order valence-electron chi connectivity index (χ4n) is 3.97. The summed E-state index contributed by atoms with van der Waals surface area (Å²) >= 11 is 0. The highest BCUT2D eigenvalue weighted by Gasteiger charge is 2.30. The van der Waals surface area contributed by atoms with Crippen LogP contribution in [0.1, 0.15) is 41.7 Å². The van der Waals surface area contributed by atoms with Gasteiger partial charge in [-0.3, -0.25) is 0 Å². The Kier molecular flexibility index (Phi) is 5.51. The summed E-state index contributed by atoms with van der Waals surface area (Å²) in [5.74, 6) is 0.879. The molecule has 27 heavy (non-hydrogen) atoms. The van der Waals surface area contributed by atoms with Gasteiger partial charge in [0.25, 0.3) is 0 Å². The molecule has 0 aliphatic carbocycles. The number of ether oxygens (including phenoxy) is 1. The average molecular weight is 362 g/mol. The normalized spacial score (nSPS) is 20.9. The van der Waals surface area contributed by atoms with E-state index in [1.807, 2.05) is 18.3 Å². The number of hydrogen-bond donors (Lipinski definition) is 3. The molecule has 140 valence electrons. The van der Waals surface area contributed by atoms with Gasteiger partial charge in [0.2, 0.25) is 0 Å². The maximum atomic E-state index is 5.64. The molecule has 1 aromatic heterocycles. The molecule has 3 N–H and O–H groups in total. The third kappa shape index (κ3) is 3.89. The van der Waals surface area contributed by atoms with E-state index in [1.165, 1.54) is 5.56 Å². The molecule has 1 saturated heterocycles. The van der Waals surface area contributed by atoms with E-state index in [9.17, 15) is 0 Å². The van der Waals surface area contributed by atoms with Gasteiger partial charge in [-0.25, -0.2) is 4.98 Å². The molecule has 1 aliphatic rings. The Bertz CT molecular complexity index is 835. The monoisotopic (exact) mass is 362 g/mol. The van der Waals surface area contributed by atoms with Crippen molar-refractivity contribution in [3.63, 3.8) is 0 Å². The smallest absolute Gasteiger partial charge is 0.124 e. The summed E-state index contributed by atoms with van der Waals surface area (Å²) in [6.45, 7) is 1.04. The first-order valence-electron chi connectivity index (χ1n) is 9.52. The summed E-state index contributed by atoms with van der Waals surface area (Å²) in [7, 11) is 1.72. The van der Waals surface area contributed by atoms with Crippen LogP contribution in [0.5, 0.6) is 5.75 Å². The van der Waals surface area contributed by atoms with Crippen LogP contribution in [0.2, 0.25) is 0 Å². The molecule has 2 heterocycles. The predicted octanol–water partition coefficient (Wildman–Crippen LogP) is 3.59. The zero-order chi connectivity index (χ0) is 18.5. The van der Waals surface area contributed by atoms with Crippen molar-refractivity contribution in [2.45, 2.75) is 31.0 Å². The molecule has 3 atom stereocenters. The largest absolute Gasteiger partial charge is 0.496 e. The Morgan fingerprint density at radius 1 is 1.11 bits per heavy atom. The standard InChI is InChI=1S/C22H26N4O/c1-27-20-12-6-5-10-17(20)22(19-14-23-15-25-19)26-18-11-7-13-24-21(18)16-8-3-2-4-9-16/h2-6,8-10,12,14-15,18,21-22,24,26H,7,11,13H2,1H3,(H,23,25)/t18-,21-,22?/m0/s1. The van der Waals surface area contributed by atoms with Crippen molar-refractivity contribution in [2.75, 3.05) is 13.7 Å². The van der Waals surface area contributed by atoms with Gasteiger partial charge < -0.3 is 20.4 Å². The molecular weight excluding hydrogens is 336 g/mol. The van der Waals surface area contributed by atoms with Crippen molar-refractivity contribution in [3.05, 3.63) is 83.9 Å². The van der Waals surface area contributed by atoms with Gasteiger partial charge in [0, 0.05) is 23.8 Å². The van der Waals surface area contributed by atoms with Crippen LogP contribution in [0, 0.1) is 0 Å². The highest BCUT2D eigenvalue weighted by molar-refractivity contribution is 5.40. The fraction of sp³-hybridized carbons (Fsp3) is 0.318. The quantitative estimate of drug-likeness (QED) is 0.627. The minimum Gasteiger partial charge on any atom is -0.496 e. The number of aromatic nitrogens is 2. The van der Waals surface area contributed by atoms with Crippen molar-refractivity contribution >= 4 is 0 Å². The third-order valence-corrected chi connectivity index (χ3v) is 5.28. The predicted molar refractivity (Wildman–Crippen MR) is 107 cm³/mol. The first-order chi connectivity index (χ1) is 13.4. The molecule has 1 aliphatic heterocycles. The highest BCUT2D eigenvalue weighted by atomic mass is 16.5. The van der Waals surface area contributed by atoms with Gasteiger partial charge in [-0.05, 0) is 31.0 Å². The molecule has 5 heteroatoms. The van der Waals surface area contributed by atoms with E-state index in [-0.39, 0.29) is 12.1 Å². The Labute approximate surface area is 160 Å². The van der Waals surface area contributed by atoms with E-state index in [1.54, 1.807) is 13.4 Å². The van der Waals surface area contributed by atoms with E-state index >= 15 is 0 Å². The SMILES string of the molecule is COc1ccccc1C(N[C@H]1CCCN[C@H]1c1ccccc1)c1cnc[nH]1. The number of aromatic amines is 1. The van der Waals surface area contributed by atoms with Crippen LogP contribution in [0.25, 0.3) is 0 Å². The van der Waals surface area contributed by atoms with Crippen LogP contribution in [0.3, 0.4) is 0 Å². The number of H-pyrrole nitrogens is 1. The molecule has 0 saturated carbocycles. The lowest BCUT2D eigenvalue weighted by molar-refractivity contribution is 0.288. The number of benzene rings is 2. The molecular formula is C22H26N4O. The number of hydrogen-bond acceptors (Lipinski definition) is 4. The van der Waals surface area contributed by atoms with Gasteiger partial charge in [0.15, 0.2) is 0 Å². The number of imidazole rings is 1. The molecule has 1 unspecified atom stereocenters. The second-order valence-electron chi connectivity index (χ2n) is 6.94. The Morgan fingerprint density at radius 2 is 1.93 bits per heavy atom. The third-order valence-electron chi connectivity index (χ3n) is 5.28. The lowest BCUT2D eigenvalue weighted by Gasteiger charge is -2.36. The van der Waals surface area contributed by atoms with Gasteiger partial charge in [-0.1, -0.05) is 48.5 Å². The molecule has 5 nitrogen and oxygen atoms in total. The number of para-hydroxylation sites is 1. The van der Waals surface area contributed by atoms with Crippen LogP contribution < -0.4 is 15.4 Å². The van der Waals surface area contributed by atoms with Crippen molar-refractivity contribution < 1.29 is 4.74 Å². The first kappa shape index (κ1) is 17.8. The summed E-state index contributed by atoms with van der Waals surface area (Å²) in [6, 6.07) is 19.4. The minimum atomic E-state index is -0.0141. The van der Waals surface area contributed by atoms with E-state index in [2.05, 4.69) is 63.1 Å². The minimum absolute atomic E-state index is 0.0141. The Balaban J connectivity index is 1.66. The first-order valence-corrected chi connectivity index (χ1v) is 9.52. The molecule has 0 radical (unpaired) electrons. The molecule has 0 spiro atoms.